The molecule has 3 aromatic rings. The molecule has 8 nitrogen and oxygen atoms in total. The van der Waals surface area contributed by atoms with Gasteiger partial charge in [0.05, 0.1) is 13.7 Å². The average molecular weight is 351 g/mol. The largest absolute Gasteiger partial charge is 0.480 e. The van der Waals surface area contributed by atoms with Crippen LogP contribution in [-0.2, 0) is 13.2 Å². The molecule has 1 amide bonds. The summed E-state index contributed by atoms with van der Waals surface area (Å²) in [7, 11) is 1.54. The molecular weight excluding hydrogens is 334 g/mol. The highest BCUT2D eigenvalue weighted by atomic mass is 16.5. The van der Waals surface area contributed by atoms with E-state index in [0.29, 0.717) is 41.9 Å². The third-order valence-electron chi connectivity index (χ3n) is 4.07. The number of methoxy groups -OCH3 is 1. The highest BCUT2D eigenvalue weighted by molar-refractivity contribution is 6.06. The van der Waals surface area contributed by atoms with E-state index in [1.54, 1.807) is 40.2 Å². The molecule has 0 bridgehead atoms. The Balaban J connectivity index is 1.54. The van der Waals surface area contributed by atoms with Gasteiger partial charge in [0.1, 0.15) is 23.7 Å². The standard InChI is InChI=1S/C18H17N5O3/c1-25-17-14(5-4-8-20-17)22-9-10-23-15(18(22)24)11-13(21-23)12-26-16-6-2-3-7-19-16/h2-8,11H,9-10,12H2,1H3. The Hall–Kier alpha value is -3.42. The fourth-order valence-corrected chi connectivity index (χ4v) is 2.87. The van der Waals surface area contributed by atoms with Crippen molar-refractivity contribution < 1.29 is 14.3 Å². The molecule has 132 valence electrons. The van der Waals surface area contributed by atoms with E-state index in [1.165, 1.54) is 7.11 Å². The quantitative estimate of drug-likeness (QED) is 0.698. The number of amides is 1. The van der Waals surface area contributed by atoms with Gasteiger partial charge in [0.25, 0.3) is 5.91 Å². The first-order valence-electron chi connectivity index (χ1n) is 8.17. The van der Waals surface area contributed by atoms with Crippen LogP contribution in [0.25, 0.3) is 0 Å². The molecule has 8 heteroatoms. The van der Waals surface area contributed by atoms with Crippen LogP contribution in [0, 0.1) is 0 Å². The number of aromatic nitrogens is 4. The van der Waals surface area contributed by atoms with Crippen LogP contribution in [0.3, 0.4) is 0 Å². The van der Waals surface area contributed by atoms with Gasteiger partial charge >= 0.3 is 0 Å². The molecule has 3 aromatic heterocycles. The summed E-state index contributed by atoms with van der Waals surface area (Å²) in [5.74, 6) is 0.804. The highest BCUT2D eigenvalue weighted by Gasteiger charge is 2.29. The maximum absolute atomic E-state index is 12.9. The van der Waals surface area contributed by atoms with Gasteiger partial charge in [0.15, 0.2) is 0 Å². The van der Waals surface area contributed by atoms with Crippen molar-refractivity contribution in [1.82, 2.24) is 19.7 Å². The average Bonchev–Trinajstić information content (AvgIpc) is 3.12. The summed E-state index contributed by atoms with van der Waals surface area (Å²) in [5.41, 5.74) is 1.85. The Kier molecular flexibility index (Phi) is 4.22. The predicted octanol–water partition coefficient (Wildman–Crippen LogP) is 1.92. The van der Waals surface area contributed by atoms with Gasteiger partial charge in [0, 0.05) is 25.0 Å². The van der Waals surface area contributed by atoms with Crippen molar-refractivity contribution in [3.05, 3.63) is 60.2 Å². The molecule has 26 heavy (non-hydrogen) atoms. The molecular formula is C18H17N5O3. The lowest BCUT2D eigenvalue weighted by Crippen LogP contribution is -2.40. The van der Waals surface area contributed by atoms with E-state index in [1.807, 2.05) is 18.2 Å². The number of anilines is 1. The van der Waals surface area contributed by atoms with Crippen LogP contribution in [0.4, 0.5) is 5.69 Å². The smallest absolute Gasteiger partial charge is 0.276 e. The van der Waals surface area contributed by atoms with Crippen LogP contribution in [0.2, 0.25) is 0 Å². The molecule has 0 saturated carbocycles. The monoisotopic (exact) mass is 351 g/mol. The van der Waals surface area contributed by atoms with Gasteiger partial charge in [-0.1, -0.05) is 6.07 Å². The third kappa shape index (κ3) is 2.97. The van der Waals surface area contributed by atoms with Gasteiger partial charge in [-0.2, -0.15) is 5.10 Å². The molecule has 0 fully saturated rings. The zero-order valence-corrected chi connectivity index (χ0v) is 14.2. The summed E-state index contributed by atoms with van der Waals surface area (Å²) in [6.45, 7) is 1.33. The van der Waals surface area contributed by atoms with Crippen molar-refractivity contribution in [2.45, 2.75) is 13.2 Å². The molecule has 0 aromatic carbocycles. The lowest BCUT2D eigenvalue weighted by Gasteiger charge is -2.28. The van der Waals surface area contributed by atoms with Crippen LogP contribution >= 0.6 is 0 Å². The zero-order chi connectivity index (χ0) is 17.9. The van der Waals surface area contributed by atoms with Crippen LogP contribution in [-0.4, -0.2) is 39.3 Å². The Morgan fingerprint density at radius 3 is 2.81 bits per heavy atom. The molecule has 1 aliphatic rings. The van der Waals surface area contributed by atoms with Gasteiger partial charge in [-0.05, 0) is 24.3 Å². The van der Waals surface area contributed by atoms with Crippen LogP contribution in [0.5, 0.6) is 11.8 Å². The Morgan fingerprint density at radius 2 is 2.00 bits per heavy atom. The topological polar surface area (TPSA) is 82.4 Å². The maximum Gasteiger partial charge on any atom is 0.276 e. The van der Waals surface area contributed by atoms with Gasteiger partial charge in [-0.15, -0.1) is 0 Å². The van der Waals surface area contributed by atoms with E-state index in [4.69, 9.17) is 9.47 Å². The molecule has 0 spiro atoms. The molecule has 1 aliphatic heterocycles. The molecule has 0 N–H and O–H groups in total. The number of ether oxygens (including phenoxy) is 2. The lowest BCUT2D eigenvalue weighted by atomic mass is 10.2. The van der Waals surface area contributed by atoms with E-state index in [-0.39, 0.29) is 12.5 Å². The molecule has 0 atom stereocenters. The number of fused-ring (bicyclic) bond motifs is 1. The Bertz CT molecular complexity index is 926. The maximum atomic E-state index is 12.9. The number of pyridine rings is 2. The second-order valence-corrected chi connectivity index (χ2v) is 5.69. The number of carbonyl (C=O) groups is 1. The summed E-state index contributed by atoms with van der Waals surface area (Å²) in [4.78, 5) is 22.8. The number of carbonyl (C=O) groups excluding carboxylic acids is 1. The minimum absolute atomic E-state index is 0.140. The van der Waals surface area contributed by atoms with Crippen LogP contribution in [0.15, 0.2) is 48.8 Å². The van der Waals surface area contributed by atoms with Crippen molar-refractivity contribution in [3.63, 3.8) is 0 Å². The van der Waals surface area contributed by atoms with Gasteiger partial charge in [-0.3, -0.25) is 9.48 Å². The van der Waals surface area contributed by atoms with Gasteiger partial charge in [0.2, 0.25) is 11.8 Å². The Labute approximate surface area is 150 Å². The van der Waals surface area contributed by atoms with Crippen molar-refractivity contribution in [2.75, 3.05) is 18.6 Å². The van der Waals surface area contributed by atoms with Crippen LogP contribution in [0.1, 0.15) is 16.2 Å². The minimum atomic E-state index is -0.140. The third-order valence-corrected chi connectivity index (χ3v) is 4.07. The van der Waals surface area contributed by atoms with E-state index < -0.39 is 0 Å². The summed E-state index contributed by atoms with van der Waals surface area (Å²) in [6, 6.07) is 10.8. The van der Waals surface area contributed by atoms with Crippen LogP contribution < -0.4 is 14.4 Å². The highest BCUT2D eigenvalue weighted by Crippen LogP contribution is 2.28. The molecule has 0 radical (unpaired) electrons. The van der Waals surface area contributed by atoms with Gasteiger partial charge < -0.3 is 14.4 Å². The first-order chi connectivity index (χ1) is 12.8. The zero-order valence-electron chi connectivity index (χ0n) is 14.2. The predicted molar refractivity (Wildman–Crippen MR) is 93.3 cm³/mol. The summed E-state index contributed by atoms with van der Waals surface area (Å²) in [5, 5.41) is 4.46. The molecule has 0 aliphatic carbocycles. The van der Waals surface area contributed by atoms with E-state index in [0.717, 1.165) is 0 Å². The summed E-state index contributed by atoms with van der Waals surface area (Å²) < 4.78 is 12.6. The minimum Gasteiger partial charge on any atom is -0.480 e. The first kappa shape index (κ1) is 16.1. The number of hydrogen-bond acceptors (Lipinski definition) is 6. The second-order valence-electron chi connectivity index (χ2n) is 5.69. The fourth-order valence-electron chi connectivity index (χ4n) is 2.87. The molecule has 0 saturated heterocycles. The number of hydrogen-bond donors (Lipinski definition) is 0. The van der Waals surface area contributed by atoms with Crippen molar-refractivity contribution >= 4 is 11.6 Å². The molecule has 4 heterocycles. The van der Waals surface area contributed by atoms with E-state index in [2.05, 4.69) is 15.1 Å². The van der Waals surface area contributed by atoms with Crippen molar-refractivity contribution in [2.24, 2.45) is 0 Å². The van der Waals surface area contributed by atoms with E-state index >= 15 is 0 Å². The number of nitrogens with zero attached hydrogens (tertiary/aromatic N) is 5. The van der Waals surface area contributed by atoms with Crippen molar-refractivity contribution in [3.8, 4) is 11.8 Å². The van der Waals surface area contributed by atoms with Gasteiger partial charge in [-0.25, -0.2) is 9.97 Å². The SMILES string of the molecule is COc1ncccc1N1CCn2nc(COc3ccccn3)cc2C1=O. The fraction of sp³-hybridized carbons (Fsp3) is 0.222. The van der Waals surface area contributed by atoms with Crippen molar-refractivity contribution in [1.29, 1.82) is 0 Å². The molecule has 4 rings (SSSR count). The number of rotatable bonds is 5. The summed E-state index contributed by atoms with van der Waals surface area (Å²) in [6.07, 6.45) is 3.30. The second kappa shape index (κ2) is 6.83. The lowest BCUT2D eigenvalue weighted by molar-refractivity contribution is 0.0961. The van der Waals surface area contributed by atoms with E-state index in [9.17, 15) is 4.79 Å². The normalized spacial score (nSPS) is 13.4. The first-order valence-corrected chi connectivity index (χ1v) is 8.17. The summed E-state index contributed by atoms with van der Waals surface area (Å²) >= 11 is 0. The Morgan fingerprint density at radius 1 is 1.12 bits per heavy atom. The molecule has 0 unspecified atom stereocenters.